The monoisotopic (exact) mass is 403 g/mol. The van der Waals surface area contributed by atoms with Gasteiger partial charge in [-0.2, -0.15) is 4.52 Å². The van der Waals surface area contributed by atoms with Gasteiger partial charge in [0.25, 0.3) is 5.56 Å². The molecule has 142 valence electrons. The third-order valence-electron chi connectivity index (χ3n) is 5.00. The van der Waals surface area contributed by atoms with Gasteiger partial charge >= 0.3 is 0 Å². The van der Waals surface area contributed by atoms with Crippen molar-refractivity contribution in [2.24, 2.45) is 5.92 Å². The van der Waals surface area contributed by atoms with Crippen LogP contribution in [0.2, 0.25) is 5.02 Å². The summed E-state index contributed by atoms with van der Waals surface area (Å²) in [4.78, 5) is 19.6. The maximum atomic E-state index is 12.1. The van der Waals surface area contributed by atoms with Crippen molar-refractivity contribution in [3.05, 3.63) is 50.9 Å². The molecule has 0 radical (unpaired) electrons. The highest BCUT2D eigenvalue weighted by atomic mass is 35.5. The van der Waals surface area contributed by atoms with Gasteiger partial charge in [-0.15, -0.1) is 5.10 Å². The standard InChI is InChI=1S/C19H22ClN5OS/c1-3-15-9-17(26)25-19(22-15)27-18(23-25)21-10-13-6-7-24(11-13)16-8-14(20)5-4-12(16)2/h4-5,8-9,13H,3,6-7,10-11H2,1-2H3,(H,21,23). The molecule has 3 aromatic rings. The van der Waals surface area contributed by atoms with E-state index in [-0.39, 0.29) is 5.56 Å². The number of nitrogens with zero attached hydrogens (tertiary/aromatic N) is 4. The molecule has 1 atom stereocenters. The second-order valence-electron chi connectivity index (χ2n) is 6.95. The zero-order chi connectivity index (χ0) is 19.0. The number of aryl methyl sites for hydroxylation is 2. The molecule has 0 aliphatic carbocycles. The molecule has 2 aromatic heterocycles. The lowest BCUT2D eigenvalue weighted by Crippen LogP contribution is -2.23. The van der Waals surface area contributed by atoms with Crippen LogP contribution in [0.5, 0.6) is 0 Å². The van der Waals surface area contributed by atoms with Gasteiger partial charge in [0.2, 0.25) is 10.1 Å². The van der Waals surface area contributed by atoms with Gasteiger partial charge in [-0.25, -0.2) is 4.98 Å². The van der Waals surface area contributed by atoms with Gasteiger partial charge in [-0.05, 0) is 43.4 Å². The molecule has 1 aliphatic heterocycles. The fourth-order valence-electron chi connectivity index (χ4n) is 3.48. The quantitative estimate of drug-likeness (QED) is 0.705. The van der Waals surface area contributed by atoms with E-state index in [4.69, 9.17) is 11.6 Å². The predicted octanol–water partition coefficient (Wildman–Crippen LogP) is 3.61. The smallest absolute Gasteiger partial charge is 0.275 e. The summed E-state index contributed by atoms with van der Waals surface area (Å²) in [5.74, 6) is 0.520. The largest absolute Gasteiger partial charge is 0.371 e. The number of fused-ring (bicyclic) bond motifs is 1. The molecule has 4 rings (SSSR count). The number of halogens is 1. The first-order valence-electron chi connectivity index (χ1n) is 9.18. The van der Waals surface area contributed by atoms with E-state index in [0.717, 1.165) is 48.3 Å². The zero-order valence-corrected chi connectivity index (χ0v) is 17.0. The molecule has 27 heavy (non-hydrogen) atoms. The molecule has 1 N–H and O–H groups in total. The Morgan fingerprint density at radius 2 is 2.22 bits per heavy atom. The molecule has 6 nitrogen and oxygen atoms in total. The van der Waals surface area contributed by atoms with Crippen LogP contribution in [0, 0.1) is 12.8 Å². The van der Waals surface area contributed by atoms with Crippen molar-refractivity contribution in [2.45, 2.75) is 26.7 Å². The van der Waals surface area contributed by atoms with Gasteiger partial charge in [0.1, 0.15) is 0 Å². The van der Waals surface area contributed by atoms with Gasteiger partial charge in [0.05, 0.1) is 0 Å². The second kappa shape index (κ2) is 7.48. The van der Waals surface area contributed by atoms with E-state index < -0.39 is 0 Å². The third kappa shape index (κ3) is 3.80. The van der Waals surface area contributed by atoms with E-state index in [1.807, 2.05) is 19.1 Å². The Hall–Kier alpha value is -2.12. The van der Waals surface area contributed by atoms with Crippen molar-refractivity contribution in [1.82, 2.24) is 14.6 Å². The van der Waals surface area contributed by atoms with E-state index >= 15 is 0 Å². The summed E-state index contributed by atoms with van der Waals surface area (Å²) < 4.78 is 1.38. The topological polar surface area (TPSA) is 62.5 Å². The Kier molecular flexibility index (Phi) is 5.06. The molecule has 0 amide bonds. The van der Waals surface area contributed by atoms with Crippen LogP contribution in [0.3, 0.4) is 0 Å². The number of hydrogen-bond acceptors (Lipinski definition) is 6. The molecule has 1 saturated heterocycles. The highest BCUT2D eigenvalue weighted by Gasteiger charge is 2.24. The summed E-state index contributed by atoms with van der Waals surface area (Å²) in [6.45, 7) is 6.94. The maximum Gasteiger partial charge on any atom is 0.275 e. The average molecular weight is 404 g/mol. The molecule has 0 spiro atoms. The lowest BCUT2D eigenvalue weighted by molar-refractivity contribution is 0.621. The molecule has 1 aliphatic rings. The van der Waals surface area contributed by atoms with E-state index in [1.165, 1.54) is 27.1 Å². The van der Waals surface area contributed by atoms with Gasteiger partial charge in [0, 0.05) is 42.1 Å². The first-order valence-corrected chi connectivity index (χ1v) is 10.4. The van der Waals surface area contributed by atoms with Crippen LogP contribution >= 0.6 is 22.9 Å². The third-order valence-corrected chi connectivity index (χ3v) is 6.10. The first-order chi connectivity index (χ1) is 13.0. The average Bonchev–Trinajstić information content (AvgIpc) is 3.28. The molecule has 1 aromatic carbocycles. The van der Waals surface area contributed by atoms with E-state index in [2.05, 4.69) is 33.3 Å². The minimum Gasteiger partial charge on any atom is -0.371 e. The van der Waals surface area contributed by atoms with Crippen LogP contribution in [-0.2, 0) is 6.42 Å². The van der Waals surface area contributed by atoms with Crippen molar-refractivity contribution < 1.29 is 0 Å². The van der Waals surface area contributed by atoms with Crippen LogP contribution < -0.4 is 15.8 Å². The van der Waals surface area contributed by atoms with Gasteiger partial charge < -0.3 is 10.2 Å². The number of anilines is 2. The highest BCUT2D eigenvalue weighted by Crippen LogP contribution is 2.29. The Labute approximate surface area is 166 Å². The predicted molar refractivity (Wildman–Crippen MR) is 112 cm³/mol. The summed E-state index contributed by atoms with van der Waals surface area (Å²) in [6, 6.07) is 7.60. The lowest BCUT2D eigenvalue weighted by Gasteiger charge is -2.21. The molecule has 1 fully saturated rings. The fraction of sp³-hybridized carbons (Fsp3) is 0.421. The molecule has 0 saturated carbocycles. The molecule has 1 unspecified atom stereocenters. The highest BCUT2D eigenvalue weighted by molar-refractivity contribution is 7.20. The minimum absolute atomic E-state index is 0.121. The van der Waals surface area contributed by atoms with Crippen molar-refractivity contribution in [2.75, 3.05) is 29.9 Å². The van der Waals surface area contributed by atoms with Crippen LogP contribution in [0.4, 0.5) is 10.8 Å². The number of hydrogen-bond donors (Lipinski definition) is 1. The Bertz CT molecular complexity index is 1030. The SMILES string of the molecule is CCc1cc(=O)n2nc(NCC3CCN(c4cc(Cl)ccc4C)C3)sc2n1. The number of rotatable bonds is 5. The summed E-state index contributed by atoms with van der Waals surface area (Å²) in [6.07, 6.45) is 1.86. The Morgan fingerprint density at radius 1 is 1.37 bits per heavy atom. The van der Waals surface area contributed by atoms with Crippen LogP contribution in [0.25, 0.3) is 4.96 Å². The molecule has 8 heteroatoms. The van der Waals surface area contributed by atoms with Crippen LogP contribution in [0.15, 0.2) is 29.1 Å². The maximum absolute atomic E-state index is 12.1. The molecular formula is C19H22ClN5OS. The van der Waals surface area contributed by atoms with Crippen molar-refractivity contribution in [1.29, 1.82) is 0 Å². The first kappa shape index (κ1) is 18.3. The number of nitrogens with one attached hydrogen (secondary N) is 1. The fourth-order valence-corrected chi connectivity index (χ4v) is 4.48. The number of benzene rings is 1. The summed E-state index contributed by atoms with van der Waals surface area (Å²) >= 11 is 7.59. The van der Waals surface area contributed by atoms with Crippen molar-refractivity contribution >= 4 is 38.7 Å². The van der Waals surface area contributed by atoms with E-state index in [0.29, 0.717) is 10.9 Å². The lowest BCUT2D eigenvalue weighted by atomic mass is 10.1. The Morgan fingerprint density at radius 3 is 3.04 bits per heavy atom. The van der Waals surface area contributed by atoms with Crippen molar-refractivity contribution in [3.63, 3.8) is 0 Å². The molecule has 3 heterocycles. The second-order valence-corrected chi connectivity index (χ2v) is 8.35. The minimum atomic E-state index is -0.121. The molecule has 0 bridgehead atoms. The number of aromatic nitrogens is 3. The zero-order valence-electron chi connectivity index (χ0n) is 15.4. The summed E-state index contributed by atoms with van der Waals surface area (Å²) in [5.41, 5.74) is 3.15. The van der Waals surface area contributed by atoms with Gasteiger partial charge in [-0.1, -0.05) is 35.9 Å². The van der Waals surface area contributed by atoms with Crippen LogP contribution in [0.1, 0.15) is 24.6 Å². The summed E-state index contributed by atoms with van der Waals surface area (Å²) in [7, 11) is 0. The normalized spacial score (nSPS) is 17.0. The van der Waals surface area contributed by atoms with Gasteiger partial charge in [0.15, 0.2) is 0 Å². The van der Waals surface area contributed by atoms with Gasteiger partial charge in [-0.3, -0.25) is 4.79 Å². The summed E-state index contributed by atoms with van der Waals surface area (Å²) in [5, 5.41) is 9.28. The van der Waals surface area contributed by atoms with Crippen molar-refractivity contribution in [3.8, 4) is 0 Å². The van der Waals surface area contributed by atoms with Crippen LogP contribution in [-0.4, -0.2) is 34.2 Å². The Balaban J connectivity index is 1.42. The molecular weight excluding hydrogens is 382 g/mol. The van der Waals surface area contributed by atoms with E-state index in [9.17, 15) is 4.79 Å². The van der Waals surface area contributed by atoms with E-state index in [1.54, 1.807) is 6.07 Å².